The smallest absolute Gasteiger partial charge is 0.341 e. The summed E-state index contributed by atoms with van der Waals surface area (Å²) in [7, 11) is 0. The fraction of sp³-hybridized carbons (Fsp3) is 0.667. The summed E-state index contributed by atoms with van der Waals surface area (Å²) in [5, 5.41) is 0. The Kier molecular flexibility index (Phi) is 38.5. The molecule has 0 saturated heterocycles. The molecule has 0 N–H and O–H groups in total. The Bertz CT molecular complexity index is 1440. The van der Waals surface area contributed by atoms with Gasteiger partial charge in [0.05, 0.1) is 13.2 Å². The van der Waals surface area contributed by atoms with Crippen LogP contribution in [-0.4, -0.2) is 25.2 Å². The zero-order valence-corrected chi connectivity index (χ0v) is 46.2. The number of halogens is 6. The minimum Gasteiger partial charge on any atom is -0.494 e. The van der Waals surface area contributed by atoms with E-state index in [9.17, 15) is 0 Å². The highest BCUT2D eigenvalue weighted by Gasteiger charge is 2.24. The summed E-state index contributed by atoms with van der Waals surface area (Å²) in [6, 6.07) is 25.9. The van der Waals surface area contributed by atoms with Gasteiger partial charge in [-0.1, -0.05) is 259 Å². The van der Waals surface area contributed by atoms with Crippen LogP contribution in [0, 0.1) is 0 Å². The lowest BCUT2D eigenvalue weighted by molar-refractivity contribution is 0.304. The van der Waals surface area contributed by atoms with E-state index in [0.29, 0.717) is 0 Å². The molecule has 364 valence electrons. The van der Waals surface area contributed by atoms with Gasteiger partial charge in [0, 0.05) is 5.56 Å². The van der Waals surface area contributed by atoms with Crippen LogP contribution in [0.2, 0.25) is 12.1 Å². The van der Waals surface area contributed by atoms with Crippen molar-refractivity contribution in [2.45, 2.75) is 218 Å². The number of benzene rings is 3. The van der Waals surface area contributed by atoms with Gasteiger partial charge in [0.2, 0.25) is 0 Å². The molecule has 0 aliphatic heterocycles. The van der Waals surface area contributed by atoms with Crippen LogP contribution in [0.25, 0.3) is 11.1 Å². The summed E-state index contributed by atoms with van der Waals surface area (Å²) in [5.41, 5.74) is 2.40. The number of ether oxygens (including phenoxy) is 2. The van der Waals surface area contributed by atoms with E-state index in [1.54, 1.807) is 0 Å². The Labute approximate surface area is 423 Å². The summed E-state index contributed by atoms with van der Waals surface area (Å²) < 4.78 is 11.8. The van der Waals surface area contributed by atoms with Crippen LogP contribution in [-0.2, 0) is 0 Å². The first-order valence-corrected chi connectivity index (χ1v) is 36.2. The normalized spacial score (nSPS) is 11.7. The highest BCUT2D eigenvalue weighted by molar-refractivity contribution is 7.65. The number of rotatable bonds is 41. The van der Waals surface area contributed by atoms with Crippen LogP contribution in [0.5, 0.6) is 11.5 Å². The van der Waals surface area contributed by atoms with Gasteiger partial charge in [0.1, 0.15) is 11.5 Å². The molecule has 0 aliphatic rings. The topological polar surface area (TPSA) is 18.5 Å². The van der Waals surface area contributed by atoms with Crippen LogP contribution < -0.4 is 9.47 Å². The van der Waals surface area contributed by atoms with E-state index in [2.05, 4.69) is 54.6 Å². The fourth-order valence-corrected chi connectivity index (χ4v) is 11.8. The molecule has 3 aromatic carbocycles. The zero-order valence-electron chi connectivity index (χ0n) is 39.6. The average molecular weight is 1040 g/mol. The van der Waals surface area contributed by atoms with Crippen molar-refractivity contribution in [1.29, 1.82) is 0 Å². The minimum atomic E-state index is -2.38. The van der Waals surface area contributed by atoms with Crippen molar-refractivity contribution in [2.24, 2.45) is 0 Å². The molecular weight excluding hydrogens is 949 g/mol. The third-order valence-corrected chi connectivity index (χ3v) is 17.2. The third-order valence-electron chi connectivity index (χ3n) is 12.0. The Morgan fingerprint density at radius 3 is 0.922 bits per heavy atom. The molecule has 0 amide bonds. The molecule has 3 aromatic rings. The van der Waals surface area contributed by atoms with Crippen molar-refractivity contribution in [2.75, 3.05) is 13.2 Å². The largest absolute Gasteiger partial charge is 0.494 e. The number of para-hydroxylation sites is 2. The molecule has 0 unspecified atom stereocenters. The lowest BCUT2D eigenvalue weighted by Crippen LogP contribution is -2.07. The fourth-order valence-electron chi connectivity index (χ4n) is 8.14. The maximum absolute atomic E-state index is 6.11. The maximum Gasteiger partial charge on any atom is 0.341 e. The van der Waals surface area contributed by atoms with E-state index >= 15 is 0 Å². The highest BCUT2D eigenvalue weighted by Crippen LogP contribution is 2.31. The van der Waals surface area contributed by atoms with E-state index in [1.165, 1.54) is 197 Å². The first kappa shape index (κ1) is 59.6. The molecule has 2 nitrogen and oxygen atoms in total. The number of unbranched alkanes of at least 4 members (excludes halogenated alkanes) is 30. The van der Waals surface area contributed by atoms with Crippen molar-refractivity contribution < 1.29 is 9.47 Å². The standard InChI is InChI=1S/C30H45Cl3OSi.C24H41Cl3OSi/c31-35(32,33)27-21-14-12-10-8-6-4-2-1-3-5-7-9-11-13-20-26-34-30-25-19-18-24-29(30)28-22-16-15-17-23-28;25-29(26,27)23-19-14-12-10-8-6-4-2-1-3-5-7-9-11-13-18-22-28-24-20-16-15-17-21-24/h15-19,22-25H,1-14,20-21,26-27H2;15-17,20-21H,1-14,18-19,22-23H2. The van der Waals surface area contributed by atoms with E-state index < -0.39 is 12.0 Å². The van der Waals surface area contributed by atoms with Gasteiger partial charge in [-0.05, 0) is 48.7 Å². The Balaban J connectivity index is 0.000000448. The molecular formula is C54H86Cl6O2Si2. The molecule has 0 aromatic heterocycles. The lowest BCUT2D eigenvalue weighted by atomic mass is 10.0. The molecule has 0 bridgehead atoms. The summed E-state index contributed by atoms with van der Waals surface area (Å²) in [6.45, 7) is 1.65. The molecule has 64 heavy (non-hydrogen) atoms. The Hall–Kier alpha value is -0.566. The second-order valence-electron chi connectivity index (χ2n) is 17.9. The van der Waals surface area contributed by atoms with Gasteiger partial charge in [-0.2, -0.15) is 0 Å². The average Bonchev–Trinajstić information content (AvgIpc) is 3.28. The highest BCUT2D eigenvalue weighted by atomic mass is 35.8. The van der Waals surface area contributed by atoms with Crippen LogP contribution in [0.1, 0.15) is 205 Å². The number of hydrogen-bond donors (Lipinski definition) is 0. The van der Waals surface area contributed by atoms with Gasteiger partial charge in [-0.15, -0.1) is 66.5 Å². The van der Waals surface area contributed by atoms with Gasteiger partial charge >= 0.3 is 12.0 Å². The molecule has 0 spiro atoms. The molecule has 10 heteroatoms. The molecule has 0 heterocycles. The van der Waals surface area contributed by atoms with Crippen LogP contribution in [0.3, 0.4) is 0 Å². The van der Waals surface area contributed by atoms with Gasteiger partial charge in [0.15, 0.2) is 0 Å². The van der Waals surface area contributed by atoms with Crippen molar-refractivity contribution >= 4 is 78.5 Å². The molecule has 0 saturated carbocycles. The third kappa shape index (κ3) is 38.4. The summed E-state index contributed by atoms with van der Waals surface area (Å²) >= 11 is 35.4. The van der Waals surface area contributed by atoms with Crippen LogP contribution in [0.15, 0.2) is 84.9 Å². The van der Waals surface area contributed by atoms with E-state index in [-0.39, 0.29) is 0 Å². The molecule has 0 atom stereocenters. The van der Waals surface area contributed by atoms with Gasteiger partial charge in [0.25, 0.3) is 0 Å². The molecule has 3 rings (SSSR count). The number of hydrogen-bond acceptors (Lipinski definition) is 2. The summed E-state index contributed by atoms with van der Waals surface area (Å²) in [4.78, 5) is 0. The second-order valence-corrected chi connectivity index (χ2v) is 36.5. The van der Waals surface area contributed by atoms with E-state index in [1.807, 2.05) is 30.3 Å². The first-order valence-electron chi connectivity index (χ1n) is 25.7. The van der Waals surface area contributed by atoms with Crippen molar-refractivity contribution in [3.8, 4) is 22.6 Å². The molecule has 0 fully saturated rings. The van der Waals surface area contributed by atoms with Crippen molar-refractivity contribution in [1.82, 2.24) is 0 Å². The van der Waals surface area contributed by atoms with Crippen molar-refractivity contribution in [3.63, 3.8) is 0 Å². The van der Waals surface area contributed by atoms with E-state index in [4.69, 9.17) is 75.9 Å². The molecule has 0 aliphatic carbocycles. The zero-order chi connectivity index (χ0) is 46.1. The van der Waals surface area contributed by atoms with Gasteiger partial charge < -0.3 is 9.47 Å². The lowest BCUT2D eigenvalue weighted by Gasteiger charge is -2.11. The van der Waals surface area contributed by atoms with E-state index in [0.717, 1.165) is 56.1 Å². The van der Waals surface area contributed by atoms with Gasteiger partial charge in [-0.3, -0.25) is 0 Å². The monoisotopic (exact) mass is 1030 g/mol. The predicted octanol–water partition coefficient (Wildman–Crippen LogP) is 21.6. The summed E-state index contributed by atoms with van der Waals surface area (Å²) in [5.74, 6) is 1.99. The van der Waals surface area contributed by atoms with Crippen LogP contribution in [0.4, 0.5) is 0 Å². The van der Waals surface area contributed by atoms with Gasteiger partial charge in [-0.25, -0.2) is 0 Å². The molecule has 0 radical (unpaired) electrons. The Morgan fingerprint density at radius 2 is 0.562 bits per heavy atom. The quantitative estimate of drug-likeness (QED) is 0.0320. The van der Waals surface area contributed by atoms with Crippen molar-refractivity contribution in [3.05, 3.63) is 84.9 Å². The maximum atomic E-state index is 6.11. The summed E-state index contributed by atoms with van der Waals surface area (Å²) in [6.07, 6.45) is 42.5. The SMILES string of the molecule is Cl[Si](Cl)(Cl)CCCCCCCCCCCCCCCCCCOc1ccccc1.Cl[Si](Cl)(Cl)CCCCCCCCCCCCCCCCCCOc1ccccc1-c1ccccc1. The minimum absolute atomic E-state index is 0.806. The van der Waals surface area contributed by atoms with Crippen LogP contribution >= 0.6 is 66.5 Å². The second kappa shape index (κ2) is 41.4. The predicted molar refractivity (Wildman–Crippen MR) is 293 cm³/mol. The first-order chi connectivity index (χ1) is 31.1. The Morgan fingerprint density at radius 1 is 0.281 bits per heavy atom.